The molecule has 1 atom stereocenters. The van der Waals surface area contributed by atoms with Crippen LogP contribution >= 0.6 is 0 Å². The predicted octanol–water partition coefficient (Wildman–Crippen LogP) is 3.56. The van der Waals surface area contributed by atoms with Gasteiger partial charge in [0.1, 0.15) is 11.5 Å². The van der Waals surface area contributed by atoms with E-state index >= 15 is 0 Å². The van der Waals surface area contributed by atoms with E-state index in [0.29, 0.717) is 5.56 Å². The van der Waals surface area contributed by atoms with Gasteiger partial charge in [-0.15, -0.1) is 5.10 Å². The number of rotatable bonds is 6. The fourth-order valence-corrected chi connectivity index (χ4v) is 4.51. The third-order valence-electron chi connectivity index (χ3n) is 6.34. The summed E-state index contributed by atoms with van der Waals surface area (Å²) in [6.07, 6.45) is 3.60. The van der Waals surface area contributed by atoms with Gasteiger partial charge in [-0.3, -0.25) is 9.69 Å². The molecule has 11 heteroatoms. The number of halogens is 2. The maximum absolute atomic E-state index is 14.4. The van der Waals surface area contributed by atoms with E-state index in [4.69, 9.17) is 10.5 Å². The van der Waals surface area contributed by atoms with E-state index in [2.05, 4.69) is 25.4 Å². The van der Waals surface area contributed by atoms with Crippen molar-refractivity contribution in [1.82, 2.24) is 30.1 Å². The Kier molecular flexibility index (Phi) is 6.38. The standard InChI is InChI=1S/C25H23F2N7O2/c1-36-22(35)14-33-11-3-6-20(33)16-9-7-15(8-10-16)17-12-18(24(28)29-13-17)25-30-31-32-34(25)21-5-2-4-19(26)23(21)27/h2,4-5,7-10,12-13,20H,3,6,11,14H2,1H3,(H2,28,29). The van der Waals surface area contributed by atoms with Gasteiger partial charge in [0.15, 0.2) is 17.5 Å². The van der Waals surface area contributed by atoms with Crippen molar-refractivity contribution >= 4 is 11.8 Å². The molecule has 1 aliphatic heterocycles. The van der Waals surface area contributed by atoms with E-state index in [9.17, 15) is 13.6 Å². The van der Waals surface area contributed by atoms with Crippen LogP contribution in [0.15, 0.2) is 54.7 Å². The Hall–Kier alpha value is -4.25. The van der Waals surface area contributed by atoms with Gasteiger partial charge >= 0.3 is 5.97 Å². The molecule has 1 aliphatic rings. The van der Waals surface area contributed by atoms with Crippen molar-refractivity contribution in [2.24, 2.45) is 0 Å². The summed E-state index contributed by atoms with van der Waals surface area (Å²) < 4.78 is 34.1. The van der Waals surface area contributed by atoms with Crippen molar-refractivity contribution in [3.05, 3.63) is 71.9 Å². The van der Waals surface area contributed by atoms with Crippen LogP contribution in [0.2, 0.25) is 0 Å². The lowest BCUT2D eigenvalue weighted by molar-refractivity contribution is -0.142. The van der Waals surface area contributed by atoms with Crippen LogP contribution in [0, 0.1) is 11.6 Å². The number of carbonyl (C=O) groups is 1. The van der Waals surface area contributed by atoms with Crippen LogP contribution in [0.25, 0.3) is 28.2 Å². The zero-order valence-electron chi connectivity index (χ0n) is 19.4. The second kappa shape index (κ2) is 9.78. The Bertz CT molecular complexity index is 1410. The number of esters is 1. The smallest absolute Gasteiger partial charge is 0.319 e. The van der Waals surface area contributed by atoms with Gasteiger partial charge in [-0.25, -0.2) is 13.8 Å². The minimum atomic E-state index is -1.07. The Labute approximate surface area is 205 Å². The van der Waals surface area contributed by atoms with E-state index < -0.39 is 11.6 Å². The van der Waals surface area contributed by atoms with Crippen LogP contribution in [0.3, 0.4) is 0 Å². The number of tetrazole rings is 1. The minimum absolute atomic E-state index is 0.132. The molecule has 36 heavy (non-hydrogen) atoms. The number of anilines is 1. The van der Waals surface area contributed by atoms with Crippen molar-refractivity contribution in [3.63, 3.8) is 0 Å². The second-order valence-electron chi connectivity index (χ2n) is 8.47. The number of aromatic nitrogens is 5. The van der Waals surface area contributed by atoms with Gasteiger partial charge < -0.3 is 10.5 Å². The van der Waals surface area contributed by atoms with Crippen molar-refractivity contribution < 1.29 is 18.3 Å². The molecule has 0 spiro atoms. The number of nitrogens with two attached hydrogens (primary N) is 1. The highest BCUT2D eigenvalue weighted by Gasteiger charge is 2.28. The summed E-state index contributed by atoms with van der Waals surface area (Å²) in [6.45, 7) is 1.10. The van der Waals surface area contributed by atoms with Gasteiger partial charge in [-0.1, -0.05) is 30.3 Å². The zero-order valence-corrected chi connectivity index (χ0v) is 19.4. The summed E-state index contributed by atoms with van der Waals surface area (Å²) in [4.78, 5) is 18.2. The molecule has 0 bridgehead atoms. The first-order chi connectivity index (χ1) is 17.5. The predicted molar refractivity (Wildman–Crippen MR) is 128 cm³/mol. The molecule has 0 saturated carbocycles. The van der Waals surface area contributed by atoms with Gasteiger partial charge in [-0.05, 0) is 59.1 Å². The number of nitrogen functional groups attached to an aromatic ring is 1. The molecule has 3 heterocycles. The van der Waals surface area contributed by atoms with Crippen LogP contribution in [0.5, 0.6) is 0 Å². The molecule has 4 aromatic rings. The molecule has 1 saturated heterocycles. The fourth-order valence-electron chi connectivity index (χ4n) is 4.51. The highest BCUT2D eigenvalue weighted by molar-refractivity contribution is 5.76. The number of ether oxygens (including phenoxy) is 1. The number of hydrogen-bond donors (Lipinski definition) is 1. The molecule has 184 valence electrons. The number of benzene rings is 2. The Balaban J connectivity index is 1.45. The van der Waals surface area contributed by atoms with Crippen molar-refractivity contribution in [1.29, 1.82) is 0 Å². The van der Waals surface area contributed by atoms with Crippen LogP contribution < -0.4 is 5.73 Å². The van der Waals surface area contributed by atoms with Gasteiger partial charge in [-0.2, -0.15) is 4.68 Å². The molecule has 5 rings (SSSR count). The first-order valence-corrected chi connectivity index (χ1v) is 11.4. The van der Waals surface area contributed by atoms with E-state index in [1.165, 1.54) is 19.2 Å². The highest BCUT2D eigenvalue weighted by atomic mass is 19.2. The third kappa shape index (κ3) is 4.40. The minimum Gasteiger partial charge on any atom is -0.468 e. The van der Waals surface area contributed by atoms with Crippen LogP contribution in [-0.2, 0) is 9.53 Å². The van der Waals surface area contributed by atoms with E-state index in [-0.39, 0.29) is 35.9 Å². The Morgan fingerprint density at radius 2 is 1.97 bits per heavy atom. The average molecular weight is 492 g/mol. The number of methoxy groups -OCH3 is 1. The Morgan fingerprint density at radius 3 is 2.75 bits per heavy atom. The SMILES string of the molecule is COC(=O)CN1CCCC1c1ccc(-c2cnc(N)c(-c3nnnn3-c3cccc(F)c3F)c2)cc1. The number of hydrogen-bond acceptors (Lipinski definition) is 8. The van der Waals surface area contributed by atoms with Gasteiger partial charge in [0.05, 0.1) is 19.2 Å². The van der Waals surface area contributed by atoms with Gasteiger partial charge in [0.25, 0.3) is 0 Å². The monoisotopic (exact) mass is 491 g/mol. The number of pyridine rings is 1. The zero-order chi connectivity index (χ0) is 25.2. The fraction of sp³-hybridized carbons (Fsp3) is 0.240. The topological polar surface area (TPSA) is 112 Å². The molecule has 1 unspecified atom stereocenters. The lowest BCUT2D eigenvalue weighted by Gasteiger charge is -2.23. The largest absolute Gasteiger partial charge is 0.468 e. The molecule has 0 radical (unpaired) electrons. The Morgan fingerprint density at radius 1 is 1.17 bits per heavy atom. The number of likely N-dealkylation sites (tertiary alicyclic amines) is 1. The molecule has 2 aromatic heterocycles. The maximum atomic E-state index is 14.4. The third-order valence-corrected chi connectivity index (χ3v) is 6.34. The number of nitrogens with zero attached hydrogens (tertiary/aromatic N) is 6. The summed E-state index contributed by atoms with van der Waals surface area (Å²) in [5, 5.41) is 11.4. The van der Waals surface area contributed by atoms with Crippen LogP contribution in [0.4, 0.5) is 14.6 Å². The summed E-state index contributed by atoms with van der Waals surface area (Å²) in [6, 6.07) is 13.7. The van der Waals surface area contributed by atoms with Crippen molar-refractivity contribution in [2.75, 3.05) is 25.9 Å². The molecule has 1 fully saturated rings. The molecule has 0 amide bonds. The first-order valence-electron chi connectivity index (χ1n) is 11.4. The molecule has 9 nitrogen and oxygen atoms in total. The van der Waals surface area contributed by atoms with Crippen molar-refractivity contribution in [2.45, 2.75) is 18.9 Å². The normalized spacial score (nSPS) is 15.8. The lowest BCUT2D eigenvalue weighted by atomic mass is 9.99. The lowest BCUT2D eigenvalue weighted by Crippen LogP contribution is -2.30. The molecular weight excluding hydrogens is 468 g/mol. The summed E-state index contributed by atoms with van der Waals surface area (Å²) in [7, 11) is 1.39. The highest BCUT2D eigenvalue weighted by Crippen LogP contribution is 2.34. The van der Waals surface area contributed by atoms with Gasteiger partial charge in [0.2, 0.25) is 0 Å². The quantitative estimate of drug-likeness (QED) is 0.408. The summed E-state index contributed by atoms with van der Waals surface area (Å²) >= 11 is 0. The van der Waals surface area contributed by atoms with Crippen LogP contribution in [-0.4, -0.2) is 56.3 Å². The average Bonchev–Trinajstić information content (AvgIpc) is 3.56. The number of carbonyl (C=O) groups excluding carboxylic acids is 1. The molecular formula is C25H23F2N7O2. The van der Waals surface area contributed by atoms with Gasteiger partial charge in [0, 0.05) is 17.8 Å². The molecule has 2 aromatic carbocycles. The summed E-state index contributed by atoms with van der Waals surface area (Å²) in [5.41, 5.74) is 9.08. The summed E-state index contributed by atoms with van der Waals surface area (Å²) in [5.74, 6) is -2.06. The van der Waals surface area contributed by atoms with E-state index in [1.807, 2.05) is 24.3 Å². The maximum Gasteiger partial charge on any atom is 0.319 e. The second-order valence-corrected chi connectivity index (χ2v) is 8.47. The van der Waals surface area contributed by atoms with Crippen LogP contribution in [0.1, 0.15) is 24.4 Å². The van der Waals surface area contributed by atoms with E-state index in [0.717, 1.165) is 46.8 Å². The van der Waals surface area contributed by atoms with E-state index in [1.54, 1.807) is 12.3 Å². The molecule has 0 aliphatic carbocycles. The molecule has 2 N–H and O–H groups in total. The van der Waals surface area contributed by atoms with Crippen molar-refractivity contribution in [3.8, 4) is 28.2 Å². The first kappa shape index (κ1) is 23.5.